The summed E-state index contributed by atoms with van der Waals surface area (Å²) in [6, 6.07) is 11.8. The van der Waals surface area contributed by atoms with Gasteiger partial charge < -0.3 is 10.2 Å². The predicted molar refractivity (Wildman–Crippen MR) is 102 cm³/mol. The van der Waals surface area contributed by atoms with Gasteiger partial charge in [0.2, 0.25) is 0 Å². The fraction of sp³-hybridized carbons (Fsp3) is 0.300. The minimum Gasteiger partial charge on any atom is -0.349 e. The standard InChI is InChI=1S/C20H20BrFN2O2/c1-13-2-4-14(5-3-13)20(26)24-10-8-16(9-11-24)23-19(25)15-6-7-17(21)18(22)12-15/h2-7,12,16H,8-11H2,1H3,(H,23,25). The van der Waals surface area contributed by atoms with E-state index in [4.69, 9.17) is 0 Å². The summed E-state index contributed by atoms with van der Waals surface area (Å²) in [5, 5.41) is 2.93. The zero-order valence-electron chi connectivity index (χ0n) is 14.5. The Bertz CT molecular complexity index is 815. The number of nitrogens with one attached hydrogen (secondary N) is 1. The lowest BCUT2D eigenvalue weighted by Crippen LogP contribution is -2.46. The molecule has 0 spiro atoms. The SMILES string of the molecule is Cc1ccc(C(=O)N2CCC(NC(=O)c3ccc(Br)c(F)c3)CC2)cc1. The summed E-state index contributed by atoms with van der Waals surface area (Å²) in [5.74, 6) is -0.736. The number of carbonyl (C=O) groups is 2. The van der Waals surface area contributed by atoms with E-state index in [9.17, 15) is 14.0 Å². The predicted octanol–water partition coefficient (Wildman–Crippen LogP) is 3.93. The van der Waals surface area contributed by atoms with Crippen molar-refractivity contribution in [2.45, 2.75) is 25.8 Å². The number of likely N-dealkylation sites (tertiary alicyclic amines) is 1. The lowest BCUT2D eigenvalue weighted by atomic mass is 10.0. The van der Waals surface area contributed by atoms with Crippen LogP contribution in [0.4, 0.5) is 4.39 Å². The second kappa shape index (κ2) is 7.99. The summed E-state index contributed by atoms with van der Waals surface area (Å²) in [6.45, 7) is 3.17. The topological polar surface area (TPSA) is 49.4 Å². The van der Waals surface area contributed by atoms with Gasteiger partial charge in [-0.1, -0.05) is 17.7 Å². The van der Waals surface area contributed by atoms with Crippen LogP contribution in [0.15, 0.2) is 46.9 Å². The number of aryl methyl sites for hydroxylation is 1. The molecule has 4 nitrogen and oxygen atoms in total. The highest BCUT2D eigenvalue weighted by Gasteiger charge is 2.25. The molecule has 136 valence electrons. The Hall–Kier alpha value is -2.21. The first-order chi connectivity index (χ1) is 12.4. The van der Waals surface area contributed by atoms with Gasteiger partial charge in [-0.05, 0) is 66.0 Å². The summed E-state index contributed by atoms with van der Waals surface area (Å²) in [6.07, 6.45) is 1.37. The van der Waals surface area contributed by atoms with Crippen LogP contribution in [0.25, 0.3) is 0 Å². The van der Waals surface area contributed by atoms with E-state index in [1.54, 1.807) is 6.07 Å². The molecule has 0 unspecified atom stereocenters. The van der Waals surface area contributed by atoms with Gasteiger partial charge in [-0.25, -0.2) is 4.39 Å². The monoisotopic (exact) mass is 418 g/mol. The first-order valence-corrected chi connectivity index (χ1v) is 9.35. The Morgan fingerprint density at radius 1 is 1.08 bits per heavy atom. The third-order valence-corrected chi connectivity index (χ3v) is 5.24. The summed E-state index contributed by atoms with van der Waals surface area (Å²) in [4.78, 5) is 26.6. The normalized spacial score (nSPS) is 15.0. The third kappa shape index (κ3) is 4.30. The van der Waals surface area contributed by atoms with E-state index in [2.05, 4.69) is 21.2 Å². The Kier molecular flexibility index (Phi) is 5.71. The molecule has 2 aromatic rings. The number of rotatable bonds is 3. The lowest BCUT2D eigenvalue weighted by molar-refractivity contribution is 0.0698. The van der Waals surface area contributed by atoms with Crippen molar-refractivity contribution in [2.24, 2.45) is 0 Å². The van der Waals surface area contributed by atoms with Crippen molar-refractivity contribution in [1.82, 2.24) is 10.2 Å². The molecule has 1 saturated heterocycles. The highest BCUT2D eigenvalue weighted by atomic mass is 79.9. The van der Waals surface area contributed by atoms with Gasteiger partial charge in [0.25, 0.3) is 11.8 Å². The molecule has 0 aromatic heterocycles. The van der Waals surface area contributed by atoms with Crippen molar-refractivity contribution in [2.75, 3.05) is 13.1 Å². The van der Waals surface area contributed by atoms with Crippen molar-refractivity contribution in [1.29, 1.82) is 0 Å². The highest BCUT2D eigenvalue weighted by Crippen LogP contribution is 2.18. The smallest absolute Gasteiger partial charge is 0.253 e. The molecule has 3 rings (SSSR count). The van der Waals surface area contributed by atoms with Gasteiger partial charge in [-0.2, -0.15) is 0 Å². The molecule has 0 atom stereocenters. The molecule has 0 radical (unpaired) electrons. The van der Waals surface area contributed by atoms with E-state index in [1.165, 1.54) is 12.1 Å². The van der Waals surface area contributed by atoms with Gasteiger partial charge in [-0.15, -0.1) is 0 Å². The minimum atomic E-state index is -0.462. The molecule has 2 aromatic carbocycles. The minimum absolute atomic E-state index is 0.0173. The number of nitrogens with zero attached hydrogens (tertiary/aromatic N) is 1. The molecule has 1 aliphatic rings. The Balaban J connectivity index is 1.54. The molecule has 0 saturated carbocycles. The molecule has 1 N–H and O–H groups in total. The summed E-state index contributed by atoms with van der Waals surface area (Å²) in [5.41, 5.74) is 2.10. The van der Waals surface area contributed by atoms with Crippen molar-refractivity contribution in [3.63, 3.8) is 0 Å². The highest BCUT2D eigenvalue weighted by molar-refractivity contribution is 9.10. The number of piperidine rings is 1. The van der Waals surface area contributed by atoms with E-state index in [-0.39, 0.29) is 17.9 Å². The van der Waals surface area contributed by atoms with Crippen molar-refractivity contribution < 1.29 is 14.0 Å². The third-order valence-electron chi connectivity index (χ3n) is 4.60. The van der Waals surface area contributed by atoms with E-state index < -0.39 is 5.82 Å². The number of benzene rings is 2. The molecule has 1 fully saturated rings. The van der Waals surface area contributed by atoms with Crippen molar-refractivity contribution in [3.05, 3.63) is 69.4 Å². The number of hydrogen-bond acceptors (Lipinski definition) is 2. The van der Waals surface area contributed by atoms with Crippen LogP contribution >= 0.6 is 15.9 Å². The van der Waals surface area contributed by atoms with Gasteiger partial charge in [-0.3, -0.25) is 9.59 Å². The first kappa shape index (κ1) is 18.6. The zero-order valence-corrected chi connectivity index (χ0v) is 16.1. The molecule has 0 aliphatic carbocycles. The van der Waals surface area contributed by atoms with E-state index in [0.717, 1.165) is 5.56 Å². The van der Waals surface area contributed by atoms with Gasteiger partial charge >= 0.3 is 0 Å². The lowest BCUT2D eigenvalue weighted by Gasteiger charge is -2.32. The maximum atomic E-state index is 13.6. The maximum Gasteiger partial charge on any atom is 0.253 e. The second-order valence-electron chi connectivity index (χ2n) is 6.53. The van der Waals surface area contributed by atoms with Gasteiger partial charge in [0.05, 0.1) is 4.47 Å². The maximum absolute atomic E-state index is 13.6. The Labute approximate surface area is 160 Å². The first-order valence-electron chi connectivity index (χ1n) is 8.56. The fourth-order valence-electron chi connectivity index (χ4n) is 3.01. The second-order valence-corrected chi connectivity index (χ2v) is 7.39. The van der Waals surface area contributed by atoms with Crippen LogP contribution in [-0.2, 0) is 0 Å². The Morgan fingerprint density at radius 3 is 2.31 bits per heavy atom. The quantitative estimate of drug-likeness (QED) is 0.820. The van der Waals surface area contributed by atoms with Crippen LogP contribution in [-0.4, -0.2) is 35.8 Å². The number of amides is 2. The zero-order chi connectivity index (χ0) is 18.7. The van der Waals surface area contributed by atoms with Gasteiger partial charge in [0.15, 0.2) is 0 Å². The summed E-state index contributed by atoms with van der Waals surface area (Å²) < 4.78 is 13.9. The average molecular weight is 419 g/mol. The van der Waals surface area contributed by atoms with Gasteiger partial charge in [0, 0.05) is 30.3 Å². The molecule has 1 heterocycles. The number of hydrogen-bond donors (Lipinski definition) is 1. The van der Waals surface area contributed by atoms with E-state index in [0.29, 0.717) is 41.5 Å². The van der Waals surface area contributed by atoms with Gasteiger partial charge in [0.1, 0.15) is 5.82 Å². The molecular formula is C20H20BrFN2O2. The molecule has 26 heavy (non-hydrogen) atoms. The van der Waals surface area contributed by atoms with Crippen molar-refractivity contribution >= 4 is 27.7 Å². The van der Waals surface area contributed by atoms with E-state index in [1.807, 2.05) is 36.1 Å². The van der Waals surface area contributed by atoms with Crippen LogP contribution in [0.3, 0.4) is 0 Å². The average Bonchev–Trinajstić information content (AvgIpc) is 2.64. The molecular weight excluding hydrogens is 399 g/mol. The van der Waals surface area contributed by atoms with Crippen LogP contribution in [0.2, 0.25) is 0 Å². The number of halogens is 2. The summed E-state index contributed by atoms with van der Waals surface area (Å²) in [7, 11) is 0. The fourth-order valence-corrected chi connectivity index (χ4v) is 3.26. The van der Waals surface area contributed by atoms with Crippen molar-refractivity contribution in [3.8, 4) is 0 Å². The number of carbonyl (C=O) groups excluding carboxylic acids is 2. The largest absolute Gasteiger partial charge is 0.349 e. The van der Waals surface area contributed by atoms with Crippen LogP contribution < -0.4 is 5.32 Å². The van der Waals surface area contributed by atoms with Crippen LogP contribution in [0.1, 0.15) is 39.1 Å². The molecule has 2 amide bonds. The molecule has 1 aliphatic heterocycles. The summed E-state index contributed by atoms with van der Waals surface area (Å²) >= 11 is 3.08. The van der Waals surface area contributed by atoms with E-state index >= 15 is 0 Å². The van der Waals surface area contributed by atoms with Crippen LogP contribution in [0, 0.1) is 12.7 Å². The molecule has 6 heteroatoms. The Morgan fingerprint density at radius 2 is 1.69 bits per heavy atom. The van der Waals surface area contributed by atoms with Crippen LogP contribution in [0.5, 0.6) is 0 Å². The molecule has 0 bridgehead atoms.